The van der Waals surface area contributed by atoms with Crippen molar-refractivity contribution in [2.45, 2.75) is 0 Å². The molecule has 0 N–H and O–H groups in total. The van der Waals surface area contributed by atoms with E-state index in [-0.39, 0.29) is 0 Å². The molecular weight excluding hydrogens is 142 g/mol. The lowest BCUT2D eigenvalue weighted by Gasteiger charge is -2.10. The monoisotopic (exact) mass is 150 g/mol. The van der Waals surface area contributed by atoms with E-state index in [4.69, 9.17) is 12.2 Å². The van der Waals surface area contributed by atoms with E-state index in [9.17, 15) is 0 Å². The zero-order valence-corrected chi connectivity index (χ0v) is 6.56. The van der Waals surface area contributed by atoms with Crippen molar-refractivity contribution < 1.29 is 0 Å². The second-order valence-electron chi connectivity index (χ2n) is 1.97. The van der Waals surface area contributed by atoms with Crippen LogP contribution in [0.15, 0.2) is 24.3 Å². The van der Waals surface area contributed by atoms with Gasteiger partial charge in [0.2, 0.25) is 0 Å². The van der Waals surface area contributed by atoms with Gasteiger partial charge in [-0.2, -0.15) is 0 Å². The molecule has 0 aliphatic heterocycles. The number of nitrogens with zero attached hydrogens (tertiary/aromatic N) is 1. The number of benzene rings is 1. The second kappa shape index (κ2) is 3.32. The molecule has 0 saturated carbocycles. The summed E-state index contributed by atoms with van der Waals surface area (Å²) in [4.78, 5) is 1.88. The van der Waals surface area contributed by atoms with Gasteiger partial charge >= 0.3 is 0 Å². The molecular formula is C8H8NS. The fourth-order valence-electron chi connectivity index (χ4n) is 0.674. The molecule has 0 fully saturated rings. The third-order valence-electron chi connectivity index (χ3n) is 1.27. The molecule has 10 heavy (non-hydrogen) atoms. The van der Waals surface area contributed by atoms with Crippen LogP contribution in [0, 0.1) is 6.07 Å². The molecule has 2 heteroatoms. The lowest BCUT2D eigenvalue weighted by molar-refractivity contribution is 1.32. The first-order chi connectivity index (χ1) is 4.84. The van der Waals surface area contributed by atoms with Gasteiger partial charge in [-0.3, -0.25) is 0 Å². The van der Waals surface area contributed by atoms with E-state index in [0.29, 0.717) is 0 Å². The Balaban J connectivity index is 2.84. The van der Waals surface area contributed by atoms with Crippen molar-refractivity contribution in [3.05, 3.63) is 30.3 Å². The zero-order valence-electron chi connectivity index (χ0n) is 5.74. The van der Waals surface area contributed by atoms with E-state index in [1.165, 1.54) is 0 Å². The van der Waals surface area contributed by atoms with Gasteiger partial charge in [0.15, 0.2) is 0 Å². The normalized spacial score (nSPS) is 8.90. The van der Waals surface area contributed by atoms with Crippen LogP contribution in [0.5, 0.6) is 0 Å². The standard InChI is InChI=1S/C8H8NS/c1-9(7-10)8-5-3-2-4-6-8/h3-7H,1H3. The number of hydrogen-bond acceptors (Lipinski definition) is 1. The van der Waals surface area contributed by atoms with Crippen LogP contribution in [0.3, 0.4) is 0 Å². The molecule has 0 spiro atoms. The average Bonchev–Trinajstić information content (AvgIpc) is 2.05. The molecule has 0 unspecified atom stereocenters. The molecule has 1 nitrogen and oxygen atoms in total. The molecule has 0 aliphatic rings. The van der Waals surface area contributed by atoms with Crippen molar-refractivity contribution in [1.29, 1.82) is 0 Å². The molecule has 1 rings (SSSR count). The fraction of sp³-hybridized carbons (Fsp3) is 0.125. The van der Waals surface area contributed by atoms with Crippen molar-refractivity contribution in [3.8, 4) is 0 Å². The van der Waals surface area contributed by atoms with Gasteiger partial charge in [0.25, 0.3) is 0 Å². The topological polar surface area (TPSA) is 3.24 Å². The molecule has 0 heterocycles. The lowest BCUT2D eigenvalue weighted by atomic mass is 10.3. The minimum atomic E-state index is 1.09. The van der Waals surface area contributed by atoms with Crippen LogP contribution in [0.2, 0.25) is 0 Å². The van der Waals surface area contributed by atoms with Crippen molar-refractivity contribution in [2.75, 3.05) is 11.9 Å². The highest BCUT2D eigenvalue weighted by atomic mass is 32.1. The van der Waals surface area contributed by atoms with E-state index in [1.54, 1.807) is 5.49 Å². The third-order valence-corrected chi connectivity index (χ3v) is 1.58. The van der Waals surface area contributed by atoms with Crippen LogP contribution in [-0.4, -0.2) is 12.5 Å². The summed E-state index contributed by atoms with van der Waals surface area (Å²) in [5.41, 5.74) is 2.70. The SMILES string of the molecule is CN(C=S)c1cc[c]cc1. The van der Waals surface area contributed by atoms with E-state index in [2.05, 4.69) is 6.07 Å². The Morgan fingerprint density at radius 3 is 2.60 bits per heavy atom. The molecule has 0 bridgehead atoms. The average molecular weight is 150 g/mol. The number of thiocarbonyl (C=S) groups is 1. The Morgan fingerprint density at radius 2 is 2.10 bits per heavy atom. The van der Waals surface area contributed by atoms with E-state index in [1.807, 2.05) is 36.2 Å². The molecule has 0 aliphatic carbocycles. The maximum atomic E-state index is 4.75. The lowest BCUT2D eigenvalue weighted by Crippen LogP contribution is -2.11. The van der Waals surface area contributed by atoms with E-state index < -0.39 is 0 Å². The smallest absolute Gasteiger partial charge is 0.0682 e. The Bertz CT molecular complexity index is 208. The first kappa shape index (κ1) is 7.22. The van der Waals surface area contributed by atoms with Crippen molar-refractivity contribution in [3.63, 3.8) is 0 Å². The zero-order chi connectivity index (χ0) is 7.40. The van der Waals surface area contributed by atoms with Gasteiger partial charge in [0.1, 0.15) is 0 Å². The summed E-state index contributed by atoms with van der Waals surface area (Å²) in [6.45, 7) is 0. The minimum Gasteiger partial charge on any atom is -0.342 e. The van der Waals surface area contributed by atoms with Crippen LogP contribution in [0.25, 0.3) is 0 Å². The predicted molar refractivity (Wildman–Crippen MR) is 47.3 cm³/mol. The third kappa shape index (κ3) is 1.54. The van der Waals surface area contributed by atoms with Gasteiger partial charge in [0, 0.05) is 12.7 Å². The number of rotatable bonds is 2. The molecule has 0 aromatic heterocycles. The fourth-order valence-corrected chi connectivity index (χ4v) is 0.796. The van der Waals surface area contributed by atoms with E-state index in [0.717, 1.165) is 5.69 Å². The summed E-state index contributed by atoms with van der Waals surface area (Å²) in [5, 5.41) is 0. The Labute approximate surface area is 66.3 Å². The number of hydrogen-bond donors (Lipinski definition) is 0. The molecule has 1 radical (unpaired) electrons. The molecule has 1 aromatic carbocycles. The Kier molecular flexibility index (Phi) is 2.40. The summed E-state index contributed by atoms with van der Waals surface area (Å²) in [6.07, 6.45) is 0. The van der Waals surface area contributed by atoms with E-state index >= 15 is 0 Å². The first-order valence-corrected chi connectivity index (χ1v) is 3.46. The van der Waals surface area contributed by atoms with Gasteiger partial charge in [-0.05, 0) is 18.2 Å². The van der Waals surface area contributed by atoms with Crippen LogP contribution in [0.4, 0.5) is 5.69 Å². The minimum absolute atomic E-state index is 1.09. The first-order valence-electron chi connectivity index (χ1n) is 2.99. The molecule has 0 amide bonds. The summed E-state index contributed by atoms with van der Waals surface area (Å²) in [5.74, 6) is 0. The number of anilines is 1. The largest absolute Gasteiger partial charge is 0.342 e. The molecule has 1 aromatic rings. The van der Waals surface area contributed by atoms with Crippen LogP contribution >= 0.6 is 12.2 Å². The van der Waals surface area contributed by atoms with Crippen LogP contribution in [-0.2, 0) is 0 Å². The maximum absolute atomic E-state index is 4.75. The molecule has 51 valence electrons. The summed E-state index contributed by atoms with van der Waals surface area (Å²) in [6, 6.07) is 10.6. The summed E-state index contributed by atoms with van der Waals surface area (Å²) in [7, 11) is 1.92. The maximum Gasteiger partial charge on any atom is 0.0682 e. The second-order valence-corrected chi connectivity index (χ2v) is 2.19. The van der Waals surface area contributed by atoms with Crippen molar-refractivity contribution in [2.24, 2.45) is 0 Å². The van der Waals surface area contributed by atoms with Gasteiger partial charge in [-0.15, -0.1) is 0 Å². The molecule has 0 atom stereocenters. The molecule has 0 saturated heterocycles. The Morgan fingerprint density at radius 1 is 1.50 bits per heavy atom. The van der Waals surface area contributed by atoms with Gasteiger partial charge in [-0.1, -0.05) is 24.4 Å². The van der Waals surface area contributed by atoms with Crippen LogP contribution in [0.1, 0.15) is 0 Å². The predicted octanol–water partition coefficient (Wildman–Crippen LogP) is 1.88. The van der Waals surface area contributed by atoms with Gasteiger partial charge < -0.3 is 4.90 Å². The van der Waals surface area contributed by atoms with Crippen molar-refractivity contribution >= 4 is 23.4 Å². The quantitative estimate of drug-likeness (QED) is 0.592. The summed E-state index contributed by atoms with van der Waals surface area (Å²) < 4.78 is 0. The van der Waals surface area contributed by atoms with Gasteiger partial charge in [-0.25, -0.2) is 0 Å². The highest BCUT2D eigenvalue weighted by Crippen LogP contribution is 2.07. The van der Waals surface area contributed by atoms with Gasteiger partial charge in [0.05, 0.1) is 5.49 Å². The Hall–Kier alpha value is -0.890. The van der Waals surface area contributed by atoms with Crippen LogP contribution < -0.4 is 4.90 Å². The van der Waals surface area contributed by atoms with Crippen molar-refractivity contribution in [1.82, 2.24) is 0 Å². The highest BCUT2D eigenvalue weighted by molar-refractivity contribution is 7.79. The summed E-state index contributed by atoms with van der Waals surface area (Å²) >= 11 is 4.75. The highest BCUT2D eigenvalue weighted by Gasteiger charge is 1.91.